The Labute approximate surface area is 147 Å². The van der Waals surface area contributed by atoms with E-state index in [1.165, 1.54) is 16.9 Å². The third-order valence-corrected chi connectivity index (χ3v) is 4.30. The topological polar surface area (TPSA) is 67.2 Å². The van der Waals surface area contributed by atoms with Crippen LogP contribution in [0.2, 0.25) is 0 Å². The summed E-state index contributed by atoms with van der Waals surface area (Å²) >= 11 is 0. The molecule has 9 heteroatoms. The van der Waals surface area contributed by atoms with Crippen molar-refractivity contribution in [2.24, 2.45) is 5.92 Å². The molecule has 0 saturated carbocycles. The molecule has 1 aromatic carbocycles. The zero-order valence-corrected chi connectivity index (χ0v) is 14.0. The number of hydrogen-bond acceptors (Lipinski definition) is 3. The van der Waals surface area contributed by atoms with Gasteiger partial charge in [-0.3, -0.25) is 9.59 Å². The van der Waals surface area contributed by atoms with E-state index in [4.69, 9.17) is 0 Å². The van der Waals surface area contributed by atoms with Crippen LogP contribution in [-0.2, 0) is 15.8 Å². The molecule has 0 aliphatic carbocycles. The maximum absolute atomic E-state index is 13.0. The lowest BCUT2D eigenvalue weighted by atomic mass is 10.1. The average molecular weight is 366 g/mol. The van der Waals surface area contributed by atoms with E-state index in [9.17, 15) is 22.8 Å². The molecule has 1 aliphatic heterocycles. The number of aromatic nitrogens is 2. The molecule has 0 radical (unpaired) electrons. The first-order valence-electron chi connectivity index (χ1n) is 8.09. The van der Waals surface area contributed by atoms with Crippen molar-refractivity contribution in [3.63, 3.8) is 0 Å². The number of likely N-dealkylation sites (tertiary alicyclic amines) is 1. The molecule has 26 heavy (non-hydrogen) atoms. The van der Waals surface area contributed by atoms with Crippen LogP contribution in [0.3, 0.4) is 0 Å². The van der Waals surface area contributed by atoms with Gasteiger partial charge in [-0.25, -0.2) is 4.68 Å². The van der Waals surface area contributed by atoms with Crippen LogP contribution >= 0.6 is 0 Å². The van der Waals surface area contributed by atoms with E-state index in [0.717, 1.165) is 12.1 Å². The Bertz CT molecular complexity index is 818. The number of carbonyl (C=O) groups is 2. The van der Waals surface area contributed by atoms with E-state index >= 15 is 0 Å². The molecule has 2 aromatic rings. The van der Waals surface area contributed by atoms with E-state index < -0.39 is 23.6 Å². The SMILES string of the molecule is CCN1C[C@@H](C(=O)Nc2cc(C(F)(F)F)ccc2-n2cccn2)CC1=O. The Morgan fingerprint density at radius 2 is 2.15 bits per heavy atom. The van der Waals surface area contributed by atoms with E-state index in [0.29, 0.717) is 12.2 Å². The second kappa shape index (κ2) is 6.81. The van der Waals surface area contributed by atoms with Crippen molar-refractivity contribution in [1.29, 1.82) is 0 Å². The summed E-state index contributed by atoms with van der Waals surface area (Å²) in [5, 5.41) is 6.54. The molecular weight excluding hydrogens is 349 g/mol. The minimum atomic E-state index is -4.54. The summed E-state index contributed by atoms with van der Waals surface area (Å²) in [6.45, 7) is 2.56. The van der Waals surface area contributed by atoms with Crippen molar-refractivity contribution in [3.8, 4) is 5.69 Å². The second-order valence-corrected chi connectivity index (χ2v) is 6.00. The van der Waals surface area contributed by atoms with E-state index in [-0.39, 0.29) is 24.6 Å². The molecule has 2 amide bonds. The predicted molar refractivity (Wildman–Crippen MR) is 87.6 cm³/mol. The van der Waals surface area contributed by atoms with Crippen LogP contribution in [0.15, 0.2) is 36.7 Å². The number of nitrogens with zero attached hydrogens (tertiary/aromatic N) is 3. The van der Waals surface area contributed by atoms with Crippen molar-refractivity contribution in [1.82, 2.24) is 14.7 Å². The van der Waals surface area contributed by atoms with Gasteiger partial charge < -0.3 is 10.2 Å². The molecule has 0 spiro atoms. The Hall–Kier alpha value is -2.84. The first-order chi connectivity index (χ1) is 12.3. The lowest BCUT2D eigenvalue weighted by Crippen LogP contribution is -2.28. The average Bonchev–Trinajstić information content (AvgIpc) is 3.23. The third kappa shape index (κ3) is 3.56. The highest BCUT2D eigenvalue weighted by Gasteiger charge is 2.35. The van der Waals surface area contributed by atoms with Gasteiger partial charge in [-0.2, -0.15) is 18.3 Å². The second-order valence-electron chi connectivity index (χ2n) is 6.00. The van der Waals surface area contributed by atoms with Crippen molar-refractivity contribution in [2.75, 3.05) is 18.4 Å². The number of alkyl halides is 3. The summed E-state index contributed by atoms with van der Waals surface area (Å²) in [6.07, 6.45) is -1.44. The summed E-state index contributed by atoms with van der Waals surface area (Å²) < 4.78 is 40.5. The minimum Gasteiger partial charge on any atom is -0.342 e. The fourth-order valence-corrected chi connectivity index (χ4v) is 2.91. The van der Waals surface area contributed by atoms with Gasteiger partial charge in [-0.1, -0.05) is 0 Å². The summed E-state index contributed by atoms with van der Waals surface area (Å²) in [4.78, 5) is 25.8. The van der Waals surface area contributed by atoms with Gasteiger partial charge in [0.1, 0.15) is 0 Å². The quantitative estimate of drug-likeness (QED) is 0.905. The van der Waals surface area contributed by atoms with Gasteiger partial charge in [0.25, 0.3) is 0 Å². The molecule has 0 unspecified atom stereocenters. The predicted octanol–water partition coefficient (Wildman–Crippen LogP) is 2.70. The zero-order valence-electron chi connectivity index (χ0n) is 14.0. The fourth-order valence-electron chi connectivity index (χ4n) is 2.91. The molecule has 1 aromatic heterocycles. The van der Waals surface area contributed by atoms with Gasteiger partial charge in [0.05, 0.1) is 22.9 Å². The Kier molecular flexibility index (Phi) is 4.71. The molecule has 0 bridgehead atoms. The van der Waals surface area contributed by atoms with Crippen LogP contribution in [0.1, 0.15) is 18.9 Å². The third-order valence-electron chi connectivity index (χ3n) is 4.30. The highest BCUT2D eigenvalue weighted by atomic mass is 19.4. The molecule has 1 atom stereocenters. The lowest BCUT2D eigenvalue weighted by molar-refractivity contribution is -0.137. The molecule has 6 nitrogen and oxygen atoms in total. The summed E-state index contributed by atoms with van der Waals surface area (Å²) in [7, 11) is 0. The van der Waals surface area contributed by atoms with Crippen molar-refractivity contribution >= 4 is 17.5 Å². The number of carbonyl (C=O) groups excluding carboxylic acids is 2. The van der Waals surface area contributed by atoms with Crippen LogP contribution in [0.4, 0.5) is 18.9 Å². The van der Waals surface area contributed by atoms with Gasteiger partial charge in [-0.15, -0.1) is 0 Å². The van der Waals surface area contributed by atoms with Crippen LogP contribution in [0.25, 0.3) is 5.69 Å². The van der Waals surface area contributed by atoms with E-state index in [2.05, 4.69) is 10.4 Å². The van der Waals surface area contributed by atoms with Crippen molar-refractivity contribution in [2.45, 2.75) is 19.5 Å². The van der Waals surface area contributed by atoms with Crippen molar-refractivity contribution < 1.29 is 22.8 Å². The summed E-state index contributed by atoms with van der Waals surface area (Å²) in [5.74, 6) is -1.21. The molecule has 1 aliphatic rings. The smallest absolute Gasteiger partial charge is 0.342 e. The van der Waals surface area contributed by atoms with Gasteiger partial charge in [0.2, 0.25) is 11.8 Å². The molecule has 1 fully saturated rings. The van der Waals surface area contributed by atoms with Gasteiger partial charge in [0.15, 0.2) is 0 Å². The number of hydrogen-bond donors (Lipinski definition) is 1. The molecule has 1 saturated heterocycles. The number of rotatable bonds is 4. The number of amides is 2. The summed E-state index contributed by atoms with van der Waals surface area (Å²) in [6, 6.07) is 4.69. The largest absolute Gasteiger partial charge is 0.416 e. The highest BCUT2D eigenvalue weighted by molar-refractivity contribution is 5.98. The minimum absolute atomic E-state index is 0.00378. The number of benzene rings is 1. The maximum Gasteiger partial charge on any atom is 0.416 e. The molecule has 2 heterocycles. The lowest BCUT2D eigenvalue weighted by Gasteiger charge is -2.17. The van der Waals surface area contributed by atoms with Crippen LogP contribution < -0.4 is 5.32 Å². The number of halogens is 3. The van der Waals surface area contributed by atoms with Crippen LogP contribution in [0, 0.1) is 5.92 Å². The number of anilines is 1. The van der Waals surface area contributed by atoms with Crippen molar-refractivity contribution in [3.05, 3.63) is 42.2 Å². The molecule has 138 valence electrons. The van der Waals surface area contributed by atoms with E-state index in [1.54, 1.807) is 24.1 Å². The zero-order chi connectivity index (χ0) is 18.9. The van der Waals surface area contributed by atoms with E-state index in [1.807, 2.05) is 0 Å². The molecular formula is C17H17F3N4O2. The number of nitrogens with one attached hydrogen (secondary N) is 1. The normalized spacial score (nSPS) is 17.6. The van der Waals surface area contributed by atoms with Gasteiger partial charge in [0, 0.05) is 31.9 Å². The highest BCUT2D eigenvalue weighted by Crippen LogP contribution is 2.33. The molecule has 1 N–H and O–H groups in total. The van der Waals surface area contributed by atoms with Crippen LogP contribution in [-0.4, -0.2) is 39.6 Å². The maximum atomic E-state index is 13.0. The Morgan fingerprint density at radius 1 is 1.38 bits per heavy atom. The first kappa shape index (κ1) is 18.0. The Morgan fingerprint density at radius 3 is 2.73 bits per heavy atom. The summed E-state index contributed by atoms with van der Waals surface area (Å²) in [5.41, 5.74) is -0.565. The first-order valence-corrected chi connectivity index (χ1v) is 8.09. The molecule has 3 rings (SSSR count). The van der Waals surface area contributed by atoms with Crippen LogP contribution in [0.5, 0.6) is 0 Å². The van der Waals surface area contributed by atoms with Gasteiger partial charge in [-0.05, 0) is 31.2 Å². The fraction of sp³-hybridized carbons (Fsp3) is 0.353. The monoisotopic (exact) mass is 366 g/mol. The Balaban J connectivity index is 1.90. The van der Waals surface area contributed by atoms with Gasteiger partial charge >= 0.3 is 6.18 Å². The standard InChI is InChI=1S/C17H17F3N4O2/c1-2-23-10-11(8-15(23)25)16(26)22-13-9-12(17(18,19)20)4-5-14(13)24-7-3-6-21-24/h3-7,9,11H,2,8,10H2,1H3,(H,22,26)/t11-/m0/s1.